The van der Waals surface area contributed by atoms with Crippen LogP contribution in [0.25, 0.3) is 0 Å². The minimum Gasteiger partial charge on any atom is -0.491 e. The minimum atomic E-state index is -0.231. The third-order valence-corrected chi connectivity index (χ3v) is 6.02. The Balaban J connectivity index is 1.29. The fourth-order valence-electron chi connectivity index (χ4n) is 4.05. The second kappa shape index (κ2) is 11.5. The average molecular weight is 513 g/mol. The van der Waals surface area contributed by atoms with E-state index >= 15 is 0 Å². The molecule has 1 fully saturated rings. The number of amides is 1. The lowest BCUT2D eigenvalue weighted by Crippen LogP contribution is -2.47. The largest absolute Gasteiger partial charge is 0.491 e. The first-order valence-electron chi connectivity index (χ1n) is 12.3. The van der Waals surface area contributed by atoms with E-state index in [1.807, 2.05) is 37.3 Å². The molecule has 3 aromatic heterocycles. The van der Waals surface area contributed by atoms with Crippen LogP contribution in [0.1, 0.15) is 23.1 Å². The van der Waals surface area contributed by atoms with Gasteiger partial charge in [0.05, 0.1) is 13.3 Å². The molecule has 1 aromatic carbocycles. The number of hydrogen-bond acceptors (Lipinski definition) is 11. The van der Waals surface area contributed by atoms with Gasteiger partial charge >= 0.3 is 0 Å². The number of aryl methyl sites for hydroxylation is 1. The molecular weight excluding hydrogens is 484 g/mol. The highest BCUT2D eigenvalue weighted by atomic mass is 16.5. The standard InChI is InChI=1S/C26H28N10O2/c1-3-21-31-25(32-22-15-18(9-10-28-22)24(37)30-19-7-5-4-6-8-19)34-26(33-21)36-13-11-35(12-14-36)23-20(38-2)16-27-17-29-23/h4-10,15-17H,3,11-14H2,1-2H3,(H,30,37)(H,28,31,32,33,34). The van der Waals surface area contributed by atoms with E-state index in [0.29, 0.717) is 54.4 Å². The Morgan fingerprint density at radius 3 is 2.55 bits per heavy atom. The molecule has 4 heterocycles. The molecular formula is C26H28N10O2. The molecule has 2 N–H and O–H groups in total. The molecule has 4 aromatic rings. The number of para-hydroxylation sites is 1. The number of aromatic nitrogens is 6. The zero-order valence-electron chi connectivity index (χ0n) is 21.2. The molecule has 1 aliphatic rings. The molecule has 0 saturated carbocycles. The van der Waals surface area contributed by atoms with Gasteiger partial charge in [0, 0.05) is 50.0 Å². The summed E-state index contributed by atoms with van der Waals surface area (Å²) in [6.45, 7) is 4.85. The summed E-state index contributed by atoms with van der Waals surface area (Å²) in [6, 6.07) is 12.6. The highest BCUT2D eigenvalue weighted by Crippen LogP contribution is 2.26. The third kappa shape index (κ3) is 5.75. The summed E-state index contributed by atoms with van der Waals surface area (Å²) < 4.78 is 5.41. The summed E-state index contributed by atoms with van der Waals surface area (Å²) in [5.41, 5.74) is 1.18. The number of hydrogen-bond donors (Lipinski definition) is 2. The van der Waals surface area contributed by atoms with Gasteiger partial charge in [0.1, 0.15) is 18.0 Å². The SMILES string of the molecule is CCc1nc(Nc2cc(C(=O)Nc3ccccc3)ccn2)nc(N2CCN(c3ncncc3OC)CC2)n1. The number of ether oxygens (including phenoxy) is 1. The lowest BCUT2D eigenvalue weighted by Gasteiger charge is -2.35. The van der Waals surface area contributed by atoms with Crippen molar-refractivity contribution in [2.24, 2.45) is 0 Å². The van der Waals surface area contributed by atoms with Crippen LogP contribution in [0.4, 0.5) is 29.2 Å². The Morgan fingerprint density at radius 1 is 1.00 bits per heavy atom. The molecule has 0 radical (unpaired) electrons. The molecule has 194 valence electrons. The summed E-state index contributed by atoms with van der Waals surface area (Å²) >= 11 is 0. The van der Waals surface area contributed by atoms with Crippen LogP contribution in [-0.4, -0.2) is 69.1 Å². The van der Waals surface area contributed by atoms with Gasteiger partial charge in [0.15, 0.2) is 11.6 Å². The van der Waals surface area contributed by atoms with E-state index in [4.69, 9.17) is 4.74 Å². The fourth-order valence-corrected chi connectivity index (χ4v) is 4.05. The molecule has 1 saturated heterocycles. The van der Waals surface area contributed by atoms with Gasteiger partial charge in [0.2, 0.25) is 11.9 Å². The van der Waals surface area contributed by atoms with Gasteiger partial charge in [0.25, 0.3) is 5.91 Å². The first-order chi connectivity index (χ1) is 18.6. The molecule has 0 unspecified atom stereocenters. The van der Waals surface area contributed by atoms with Crippen LogP contribution in [-0.2, 0) is 6.42 Å². The number of methoxy groups -OCH3 is 1. The molecule has 1 aliphatic heterocycles. The molecule has 5 rings (SSSR count). The van der Waals surface area contributed by atoms with Crippen LogP contribution in [0.2, 0.25) is 0 Å². The Labute approximate surface area is 220 Å². The van der Waals surface area contributed by atoms with Crippen LogP contribution in [0.5, 0.6) is 5.75 Å². The first-order valence-corrected chi connectivity index (χ1v) is 12.3. The second-order valence-corrected chi connectivity index (χ2v) is 8.49. The highest BCUT2D eigenvalue weighted by molar-refractivity contribution is 6.04. The minimum absolute atomic E-state index is 0.231. The first kappa shape index (κ1) is 24.8. The van der Waals surface area contributed by atoms with E-state index in [9.17, 15) is 4.79 Å². The van der Waals surface area contributed by atoms with Crippen molar-refractivity contribution >= 4 is 35.1 Å². The number of nitrogens with zero attached hydrogens (tertiary/aromatic N) is 8. The summed E-state index contributed by atoms with van der Waals surface area (Å²) in [4.78, 5) is 43.6. The lowest BCUT2D eigenvalue weighted by atomic mass is 10.2. The van der Waals surface area contributed by atoms with Crippen molar-refractivity contribution in [2.75, 3.05) is 53.7 Å². The van der Waals surface area contributed by atoms with E-state index in [0.717, 1.165) is 24.6 Å². The third-order valence-electron chi connectivity index (χ3n) is 6.02. The van der Waals surface area contributed by atoms with Crippen molar-refractivity contribution in [1.82, 2.24) is 29.9 Å². The fraction of sp³-hybridized carbons (Fsp3) is 0.269. The molecule has 0 aliphatic carbocycles. The zero-order valence-corrected chi connectivity index (χ0v) is 21.2. The maximum atomic E-state index is 12.7. The Morgan fingerprint density at radius 2 is 1.79 bits per heavy atom. The molecule has 1 amide bonds. The number of piperazine rings is 1. The smallest absolute Gasteiger partial charge is 0.255 e. The van der Waals surface area contributed by atoms with Crippen molar-refractivity contribution in [3.63, 3.8) is 0 Å². The monoisotopic (exact) mass is 512 g/mol. The summed E-state index contributed by atoms with van der Waals surface area (Å²) in [6.07, 6.45) is 5.41. The van der Waals surface area contributed by atoms with E-state index in [2.05, 4.69) is 50.3 Å². The number of pyridine rings is 1. The topological polar surface area (TPSA) is 134 Å². The quantitative estimate of drug-likeness (QED) is 0.361. The molecule has 38 heavy (non-hydrogen) atoms. The van der Waals surface area contributed by atoms with Crippen LogP contribution >= 0.6 is 0 Å². The highest BCUT2D eigenvalue weighted by Gasteiger charge is 2.23. The van der Waals surface area contributed by atoms with Crippen molar-refractivity contribution in [3.05, 3.63) is 72.6 Å². The van der Waals surface area contributed by atoms with Gasteiger partial charge in [-0.05, 0) is 24.3 Å². The maximum absolute atomic E-state index is 12.7. The van der Waals surface area contributed by atoms with Gasteiger partial charge in [-0.15, -0.1) is 0 Å². The molecule has 12 heteroatoms. The van der Waals surface area contributed by atoms with Crippen LogP contribution in [0, 0.1) is 0 Å². The van der Waals surface area contributed by atoms with Crippen LogP contribution < -0.4 is 25.2 Å². The number of nitrogens with one attached hydrogen (secondary N) is 2. The molecule has 0 bridgehead atoms. The lowest BCUT2D eigenvalue weighted by molar-refractivity contribution is 0.102. The van der Waals surface area contributed by atoms with Gasteiger partial charge in [-0.2, -0.15) is 15.0 Å². The predicted octanol–water partition coefficient (Wildman–Crippen LogP) is 2.95. The van der Waals surface area contributed by atoms with Gasteiger partial charge in [-0.3, -0.25) is 4.79 Å². The van der Waals surface area contributed by atoms with Gasteiger partial charge in [-0.25, -0.2) is 15.0 Å². The number of anilines is 5. The Kier molecular flexibility index (Phi) is 7.48. The van der Waals surface area contributed by atoms with E-state index in [1.165, 1.54) is 6.33 Å². The molecule has 0 spiro atoms. The summed E-state index contributed by atoms with van der Waals surface area (Å²) in [5.74, 6) is 3.28. The van der Waals surface area contributed by atoms with Crippen molar-refractivity contribution in [1.29, 1.82) is 0 Å². The van der Waals surface area contributed by atoms with Crippen molar-refractivity contribution in [2.45, 2.75) is 13.3 Å². The van der Waals surface area contributed by atoms with E-state index in [1.54, 1.807) is 31.6 Å². The molecule has 0 atom stereocenters. The number of carbonyl (C=O) groups excluding carboxylic acids is 1. The number of benzene rings is 1. The normalized spacial score (nSPS) is 13.2. The van der Waals surface area contributed by atoms with E-state index < -0.39 is 0 Å². The zero-order chi connectivity index (χ0) is 26.3. The number of rotatable bonds is 8. The summed E-state index contributed by atoms with van der Waals surface area (Å²) in [5, 5.41) is 6.02. The maximum Gasteiger partial charge on any atom is 0.255 e. The summed E-state index contributed by atoms with van der Waals surface area (Å²) in [7, 11) is 1.62. The van der Waals surface area contributed by atoms with Gasteiger partial charge in [-0.1, -0.05) is 25.1 Å². The molecule has 12 nitrogen and oxygen atoms in total. The predicted molar refractivity (Wildman–Crippen MR) is 144 cm³/mol. The van der Waals surface area contributed by atoms with Crippen molar-refractivity contribution < 1.29 is 9.53 Å². The second-order valence-electron chi connectivity index (χ2n) is 8.49. The van der Waals surface area contributed by atoms with Gasteiger partial charge < -0.3 is 25.2 Å². The Bertz CT molecular complexity index is 1390. The Hall–Kier alpha value is -4.87. The van der Waals surface area contributed by atoms with E-state index in [-0.39, 0.29) is 5.91 Å². The van der Waals surface area contributed by atoms with Crippen LogP contribution in [0.3, 0.4) is 0 Å². The van der Waals surface area contributed by atoms with Crippen molar-refractivity contribution in [3.8, 4) is 5.75 Å². The average Bonchev–Trinajstić information content (AvgIpc) is 2.97. The van der Waals surface area contributed by atoms with Crippen LogP contribution in [0.15, 0.2) is 61.2 Å². The number of carbonyl (C=O) groups is 1.